The summed E-state index contributed by atoms with van der Waals surface area (Å²) in [7, 11) is 0. The van der Waals surface area contributed by atoms with Gasteiger partial charge in [0, 0.05) is 18.4 Å². The maximum atomic E-state index is 12.7. The summed E-state index contributed by atoms with van der Waals surface area (Å²) in [5.41, 5.74) is 7.25. The Morgan fingerprint density at radius 2 is 2.15 bits per heavy atom. The van der Waals surface area contributed by atoms with Crippen LogP contribution in [0, 0.1) is 0 Å². The number of rotatable bonds is 1. The van der Waals surface area contributed by atoms with E-state index in [1.807, 2.05) is 0 Å². The topological polar surface area (TPSA) is 56.7 Å². The van der Waals surface area contributed by atoms with Gasteiger partial charge in [0.2, 0.25) is 0 Å². The van der Waals surface area contributed by atoms with Crippen LogP contribution in [-0.4, -0.2) is 20.8 Å². The first-order chi connectivity index (χ1) is 9.43. The van der Waals surface area contributed by atoms with E-state index in [1.54, 1.807) is 6.20 Å². The molecule has 1 aliphatic rings. The van der Waals surface area contributed by atoms with Gasteiger partial charge in [-0.05, 0) is 37.0 Å². The highest BCUT2D eigenvalue weighted by atomic mass is 19.4. The van der Waals surface area contributed by atoms with E-state index in [1.165, 1.54) is 10.7 Å². The number of aromatic nitrogens is 3. The normalized spacial score (nSPS) is 18.9. The number of fused-ring (bicyclic) bond motifs is 1. The molecule has 0 aliphatic heterocycles. The van der Waals surface area contributed by atoms with Crippen molar-refractivity contribution in [2.24, 2.45) is 5.73 Å². The van der Waals surface area contributed by atoms with Crippen molar-refractivity contribution in [2.45, 2.75) is 31.5 Å². The minimum absolute atomic E-state index is 0.100. The molecule has 1 aliphatic carbocycles. The summed E-state index contributed by atoms with van der Waals surface area (Å²) in [6.07, 6.45) is 0.779. The van der Waals surface area contributed by atoms with Gasteiger partial charge >= 0.3 is 6.18 Å². The molecule has 7 heteroatoms. The molecule has 106 valence electrons. The Balaban J connectivity index is 1.98. The standard InChI is InChI=1S/C13H13F3N4/c14-13(15,16)12-6-10(3-4-18-12)20-7-8-5-9(17)1-2-11(8)19-20/h3-4,6-7,9H,1-2,5,17H2/t9-/m1/s1. The smallest absolute Gasteiger partial charge is 0.327 e. The van der Waals surface area contributed by atoms with E-state index in [-0.39, 0.29) is 6.04 Å². The summed E-state index contributed by atoms with van der Waals surface area (Å²) in [5, 5.41) is 4.34. The molecule has 0 spiro atoms. The Labute approximate surface area is 113 Å². The zero-order valence-electron chi connectivity index (χ0n) is 10.6. The van der Waals surface area contributed by atoms with Crippen LogP contribution in [0.15, 0.2) is 24.5 Å². The van der Waals surface area contributed by atoms with E-state index < -0.39 is 11.9 Å². The Bertz CT molecular complexity index is 633. The van der Waals surface area contributed by atoms with Crippen LogP contribution < -0.4 is 5.73 Å². The molecule has 0 aromatic carbocycles. The number of hydrogen-bond acceptors (Lipinski definition) is 3. The van der Waals surface area contributed by atoms with Crippen molar-refractivity contribution >= 4 is 0 Å². The molecular weight excluding hydrogens is 269 g/mol. The number of pyridine rings is 1. The first-order valence-corrected chi connectivity index (χ1v) is 6.30. The Morgan fingerprint density at radius 1 is 1.35 bits per heavy atom. The minimum Gasteiger partial charge on any atom is -0.327 e. The van der Waals surface area contributed by atoms with Crippen molar-refractivity contribution in [3.63, 3.8) is 0 Å². The highest BCUT2D eigenvalue weighted by Gasteiger charge is 2.32. The quantitative estimate of drug-likeness (QED) is 0.871. The van der Waals surface area contributed by atoms with Crippen molar-refractivity contribution < 1.29 is 13.2 Å². The predicted molar refractivity (Wildman–Crippen MR) is 66.4 cm³/mol. The van der Waals surface area contributed by atoms with Crippen LogP contribution in [-0.2, 0) is 19.0 Å². The molecule has 4 nitrogen and oxygen atoms in total. The maximum absolute atomic E-state index is 12.7. The summed E-state index contributed by atoms with van der Waals surface area (Å²) < 4.78 is 39.4. The third-order valence-electron chi connectivity index (χ3n) is 3.41. The second kappa shape index (κ2) is 4.59. The third kappa shape index (κ3) is 2.40. The van der Waals surface area contributed by atoms with Crippen LogP contribution in [0.4, 0.5) is 13.2 Å². The van der Waals surface area contributed by atoms with Crippen molar-refractivity contribution in [2.75, 3.05) is 0 Å². The molecule has 2 heterocycles. The Hall–Kier alpha value is -1.89. The molecule has 0 amide bonds. The number of alkyl halides is 3. The fourth-order valence-corrected chi connectivity index (χ4v) is 2.38. The zero-order valence-corrected chi connectivity index (χ0v) is 10.6. The van der Waals surface area contributed by atoms with E-state index in [0.717, 1.165) is 36.4 Å². The average Bonchev–Trinajstić information content (AvgIpc) is 2.81. The molecule has 1 atom stereocenters. The van der Waals surface area contributed by atoms with Crippen molar-refractivity contribution in [1.82, 2.24) is 14.8 Å². The monoisotopic (exact) mass is 282 g/mol. The molecule has 3 rings (SSSR count). The average molecular weight is 282 g/mol. The van der Waals surface area contributed by atoms with E-state index >= 15 is 0 Å². The van der Waals surface area contributed by atoms with Gasteiger partial charge in [-0.1, -0.05) is 0 Å². The highest BCUT2D eigenvalue weighted by Crippen LogP contribution is 2.29. The molecule has 0 radical (unpaired) electrons. The first-order valence-electron chi connectivity index (χ1n) is 6.30. The van der Waals surface area contributed by atoms with E-state index in [2.05, 4.69) is 10.1 Å². The van der Waals surface area contributed by atoms with E-state index in [4.69, 9.17) is 5.73 Å². The van der Waals surface area contributed by atoms with E-state index in [0.29, 0.717) is 12.1 Å². The molecule has 0 saturated heterocycles. The van der Waals surface area contributed by atoms with Crippen LogP contribution in [0.5, 0.6) is 0 Å². The van der Waals surface area contributed by atoms with Crippen LogP contribution in [0.3, 0.4) is 0 Å². The van der Waals surface area contributed by atoms with Crippen molar-refractivity contribution in [1.29, 1.82) is 0 Å². The molecule has 2 N–H and O–H groups in total. The number of halogens is 3. The lowest BCUT2D eigenvalue weighted by molar-refractivity contribution is -0.141. The Kier molecular flexibility index (Phi) is 3.01. The van der Waals surface area contributed by atoms with Gasteiger partial charge in [-0.2, -0.15) is 18.3 Å². The van der Waals surface area contributed by atoms with Crippen LogP contribution in [0.25, 0.3) is 5.69 Å². The van der Waals surface area contributed by atoms with Crippen LogP contribution in [0.1, 0.15) is 23.4 Å². The number of nitrogens with two attached hydrogens (primary N) is 1. The van der Waals surface area contributed by atoms with Gasteiger partial charge in [0.25, 0.3) is 0 Å². The highest BCUT2D eigenvalue weighted by molar-refractivity contribution is 5.35. The summed E-state index contributed by atoms with van der Waals surface area (Å²) >= 11 is 0. The third-order valence-corrected chi connectivity index (χ3v) is 3.41. The summed E-state index contributed by atoms with van der Waals surface area (Å²) in [6.45, 7) is 0. The lowest BCUT2D eigenvalue weighted by atomic mass is 9.94. The van der Waals surface area contributed by atoms with Gasteiger partial charge in [0.1, 0.15) is 5.69 Å². The van der Waals surface area contributed by atoms with Gasteiger partial charge in [-0.25, -0.2) is 4.68 Å². The van der Waals surface area contributed by atoms with Gasteiger partial charge in [0.15, 0.2) is 0 Å². The largest absolute Gasteiger partial charge is 0.433 e. The second-order valence-corrected chi connectivity index (χ2v) is 4.95. The Morgan fingerprint density at radius 3 is 2.90 bits per heavy atom. The molecule has 2 aromatic rings. The SMILES string of the molecule is N[C@@H]1CCc2nn(-c3ccnc(C(F)(F)F)c3)cc2C1. The van der Waals surface area contributed by atoms with Crippen LogP contribution >= 0.6 is 0 Å². The summed E-state index contributed by atoms with van der Waals surface area (Å²) in [4.78, 5) is 3.34. The molecule has 0 bridgehead atoms. The second-order valence-electron chi connectivity index (χ2n) is 4.95. The fraction of sp³-hybridized carbons (Fsp3) is 0.385. The minimum atomic E-state index is -4.45. The molecule has 20 heavy (non-hydrogen) atoms. The zero-order chi connectivity index (χ0) is 14.3. The summed E-state index contributed by atoms with van der Waals surface area (Å²) in [5.74, 6) is 0. The summed E-state index contributed by atoms with van der Waals surface area (Å²) in [6, 6.07) is 2.61. The predicted octanol–water partition coefficient (Wildman–Crippen LogP) is 2.10. The molecule has 0 saturated carbocycles. The van der Waals surface area contributed by atoms with Gasteiger partial charge in [-0.3, -0.25) is 4.98 Å². The van der Waals surface area contributed by atoms with Gasteiger partial charge in [0.05, 0.1) is 11.4 Å². The lowest BCUT2D eigenvalue weighted by Gasteiger charge is -2.15. The number of nitrogens with zero attached hydrogens (tertiary/aromatic N) is 3. The lowest BCUT2D eigenvalue weighted by Crippen LogP contribution is -2.27. The maximum Gasteiger partial charge on any atom is 0.433 e. The molecule has 0 unspecified atom stereocenters. The van der Waals surface area contributed by atoms with Crippen molar-refractivity contribution in [3.8, 4) is 5.69 Å². The van der Waals surface area contributed by atoms with Crippen LogP contribution in [0.2, 0.25) is 0 Å². The van der Waals surface area contributed by atoms with E-state index in [9.17, 15) is 13.2 Å². The number of hydrogen-bond donors (Lipinski definition) is 1. The molecule has 0 fully saturated rings. The van der Waals surface area contributed by atoms with Gasteiger partial charge < -0.3 is 5.73 Å². The molecular formula is C13H13F3N4. The fourth-order valence-electron chi connectivity index (χ4n) is 2.38. The molecule has 2 aromatic heterocycles. The first kappa shape index (κ1) is 13.1. The number of aryl methyl sites for hydroxylation is 1. The van der Waals surface area contributed by atoms with Crippen molar-refractivity contribution in [3.05, 3.63) is 41.5 Å². The van der Waals surface area contributed by atoms with Gasteiger partial charge in [-0.15, -0.1) is 0 Å².